The molecule has 0 aliphatic carbocycles. The van der Waals surface area contributed by atoms with Crippen molar-refractivity contribution in [3.8, 4) is 0 Å². The minimum Gasteiger partial charge on any atom is -0.347 e. The van der Waals surface area contributed by atoms with Crippen LogP contribution in [0.25, 0.3) is 11.2 Å². The first-order chi connectivity index (χ1) is 7.74. The Morgan fingerprint density at radius 3 is 3.00 bits per heavy atom. The maximum absolute atomic E-state index is 4.39. The average Bonchev–Trinajstić information content (AvgIpc) is 2.69. The third kappa shape index (κ3) is 1.73. The molecule has 2 aromatic rings. The summed E-state index contributed by atoms with van der Waals surface area (Å²) < 4.78 is 1.70. The summed E-state index contributed by atoms with van der Waals surface area (Å²) in [6.45, 7) is 2.69. The van der Waals surface area contributed by atoms with Crippen LogP contribution in [0.1, 0.15) is 6.92 Å². The largest absolute Gasteiger partial charge is 0.347 e. The molecule has 0 radical (unpaired) electrons. The molecule has 6 heteroatoms. The van der Waals surface area contributed by atoms with Crippen LogP contribution in [0.2, 0.25) is 0 Å². The van der Waals surface area contributed by atoms with Crippen LogP contribution in [0.15, 0.2) is 23.3 Å². The zero-order valence-electron chi connectivity index (χ0n) is 9.62. The summed E-state index contributed by atoms with van der Waals surface area (Å²) >= 11 is 0. The SMILES string of the molecule is CCN=C(N(C)C)n1nnc2ncccc21. The van der Waals surface area contributed by atoms with E-state index in [0.717, 1.165) is 11.5 Å². The highest BCUT2D eigenvalue weighted by molar-refractivity contribution is 5.89. The van der Waals surface area contributed by atoms with Gasteiger partial charge in [-0.2, -0.15) is 4.68 Å². The molecular formula is C10H14N6. The number of aliphatic imine (C=N–C) groups is 1. The molecule has 2 aromatic heterocycles. The maximum Gasteiger partial charge on any atom is 0.223 e. The van der Waals surface area contributed by atoms with Gasteiger partial charge in [-0.15, -0.1) is 5.10 Å². The van der Waals surface area contributed by atoms with Crippen LogP contribution in [0, 0.1) is 0 Å². The lowest BCUT2D eigenvalue weighted by Gasteiger charge is -2.14. The quantitative estimate of drug-likeness (QED) is 0.520. The maximum atomic E-state index is 4.39. The second kappa shape index (κ2) is 4.26. The van der Waals surface area contributed by atoms with Gasteiger partial charge in [-0.25, -0.2) is 4.98 Å². The molecule has 2 rings (SSSR count). The first-order valence-electron chi connectivity index (χ1n) is 5.12. The monoisotopic (exact) mass is 218 g/mol. The molecule has 0 bridgehead atoms. The van der Waals surface area contributed by atoms with Crippen LogP contribution in [0.5, 0.6) is 0 Å². The molecule has 0 N–H and O–H groups in total. The zero-order valence-corrected chi connectivity index (χ0v) is 9.62. The van der Waals surface area contributed by atoms with E-state index in [0.29, 0.717) is 12.2 Å². The Hall–Kier alpha value is -1.98. The molecule has 0 saturated carbocycles. The van der Waals surface area contributed by atoms with Crippen molar-refractivity contribution >= 4 is 17.1 Å². The predicted molar refractivity (Wildman–Crippen MR) is 62.4 cm³/mol. The van der Waals surface area contributed by atoms with E-state index >= 15 is 0 Å². The van der Waals surface area contributed by atoms with E-state index in [9.17, 15) is 0 Å². The lowest BCUT2D eigenvalue weighted by molar-refractivity contribution is 0.577. The Balaban J connectivity index is 2.57. The summed E-state index contributed by atoms with van der Waals surface area (Å²) in [6.07, 6.45) is 1.70. The van der Waals surface area contributed by atoms with Gasteiger partial charge < -0.3 is 4.90 Å². The normalized spacial score (nSPS) is 12.1. The first-order valence-corrected chi connectivity index (χ1v) is 5.12. The van der Waals surface area contributed by atoms with Crippen LogP contribution < -0.4 is 0 Å². The van der Waals surface area contributed by atoms with Crippen molar-refractivity contribution in [3.63, 3.8) is 0 Å². The van der Waals surface area contributed by atoms with Crippen molar-refractivity contribution in [2.75, 3.05) is 20.6 Å². The fraction of sp³-hybridized carbons (Fsp3) is 0.400. The highest BCUT2D eigenvalue weighted by atomic mass is 15.5. The highest BCUT2D eigenvalue weighted by Gasteiger charge is 2.11. The number of pyridine rings is 1. The third-order valence-electron chi connectivity index (χ3n) is 2.11. The first kappa shape index (κ1) is 10.5. The van der Waals surface area contributed by atoms with Gasteiger partial charge in [-0.1, -0.05) is 5.21 Å². The fourth-order valence-corrected chi connectivity index (χ4v) is 1.45. The number of hydrogen-bond acceptors (Lipinski definition) is 4. The van der Waals surface area contributed by atoms with Gasteiger partial charge in [0, 0.05) is 26.8 Å². The topological polar surface area (TPSA) is 59.2 Å². The van der Waals surface area contributed by atoms with E-state index in [1.165, 1.54) is 0 Å². The minimum atomic E-state index is 0.633. The van der Waals surface area contributed by atoms with Gasteiger partial charge in [0.1, 0.15) is 5.52 Å². The van der Waals surface area contributed by atoms with E-state index in [-0.39, 0.29) is 0 Å². The number of nitrogens with zero attached hydrogens (tertiary/aromatic N) is 6. The summed E-state index contributed by atoms with van der Waals surface area (Å²) in [6, 6.07) is 3.79. The Morgan fingerprint density at radius 1 is 1.50 bits per heavy atom. The summed E-state index contributed by atoms with van der Waals surface area (Å²) in [4.78, 5) is 10.4. The van der Waals surface area contributed by atoms with Gasteiger partial charge in [-0.05, 0) is 19.1 Å². The number of rotatable bonds is 1. The Labute approximate surface area is 93.6 Å². The van der Waals surface area contributed by atoms with E-state index in [4.69, 9.17) is 0 Å². The molecule has 0 fully saturated rings. The van der Waals surface area contributed by atoms with Crippen molar-refractivity contribution < 1.29 is 0 Å². The lowest BCUT2D eigenvalue weighted by Crippen LogP contribution is -2.30. The zero-order chi connectivity index (χ0) is 11.5. The molecule has 6 nitrogen and oxygen atoms in total. The number of fused-ring (bicyclic) bond motifs is 1. The van der Waals surface area contributed by atoms with E-state index in [1.54, 1.807) is 10.9 Å². The summed E-state index contributed by atoms with van der Waals surface area (Å²) in [5.74, 6) is 0.762. The second-order valence-corrected chi connectivity index (χ2v) is 3.52. The Kier molecular flexibility index (Phi) is 2.80. The van der Waals surface area contributed by atoms with Crippen molar-refractivity contribution in [1.29, 1.82) is 0 Å². The molecule has 0 amide bonds. The molecule has 16 heavy (non-hydrogen) atoms. The van der Waals surface area contributed by atoms with Crippen molar-refractivity contribution in [2.45, 2.75) is 6.92 Å². The Morgan fingerprint density at radius 2 is 2.31 bits per heavy atom. The molecule has 0 aromatic carbocycles. The van der Waals surface area contributed by atoms with Crippen molar-refractivity contribution in [1.82, 2.24) is 24.9 Å². The summed E-state index contributed by atoms with van der Waals surface area (Å²) in [5.41, 5.74) is 1.50. The Bertz CT molecular complexity index is 513. The molecule has 0 aliphatic heterocycles. The summed E-state index contributed by atoms with van der Waals surface area (Å²) in [7, 11) is 3.86. The average molecular weight is 218 g/mol. The van der Waals surface area contributed by atoms with Crippen LogP contribution in [-0.4, -0.2) is 51.5 Å². The van der Waals surface area contributed by atoms with Gasteiger partial charge in [0.25, 0.3) is 0 Å². The molecule has 2 heterocycles. The van der Waals surface area contributed by atoms with E-state index in [2.05, 4.69) is 20.3 Å². The molecule has 0 saturated heterocycles. The fourth-order valence-electron chi connectivity index (χ4n) is 1.45. The predicted octanol–water partition coefficient (Wildman–Crippen LogP) is 0.612. The molecule has 0 unspecified atom stereocenters. The minimum absolute atomic E-state index is 0.633. The molecule has 0 spiro atoms. The van der Waals surface area contributed by atoms with Gasteiger partial charge in [0.2, 0.25) is 11.6 Å². The molecule has 84 valence electrons. The van der Waals surface area contributed by atoms with Crippen LogP contribution in [0.4, 0.5) is 0 Å². The van der Waals surface area contributed by atoms with E-state index in [1.807, 2.05) is 38.1 Å². The number of aromatic nitrogens is 4. The van der Waals surface area contributed by atoms with Gasteiger partial charge in [0.15, 0.2) is 0 Å². The van der Waals surface area contributed by atoms with Gasteiger partial charge in [-0.3, -0.25) is 4.99 Å². The van der Waals surface area contributed by atoms with E-state index < -0.39 is 0 Å². The lowest BCUT2D eigenvalue weighted by atomic mass is 10.4. The van der Waals surface area contributed by atoms with Crippen molar-refractivity contribution in [2.24, 2.45) is 4.99 Å². The standard InChI is InChI=1S/C10H14N6/c1-4-11-10(15(2)3)16-8-6-5-7-12-9(8)13-14-16/h5-7H,4H2,1-3H3. The smallest absolute Gasteiger partial charge is 0.223 e. The van der Waals surface area contributed by atoms with Crippen LogP contribution >= 0.6 is 0 Å². The van der Waals surface area contributed by atoms with Gasteiger partial charge >= 0.3 is 0 Å². The molecular weight excluding hydrogens is 204 g/mol. The number of hydrogen-bond donors (Lipinski definition) is 0. The molecule has 0 atom stereocenters. The van der Waals surface area contributed by atoms with Crippen molar-refractivity contribution in [3.05, 3.63) is 18.3 Å². The highest BCUT2D eigenvalue weighted by Crippen LogP contribution is 2.07. The van der Waals surface area contributed by atoms with Crippen LogP contribution in [-0.2, 0) is 0 Å². The molecule has 0 aliphatic rings. The second-order valence-electron chi connectivity index (χ2n) is 3.52. The van der Waals surface area contributed by atoms with Crippen LogP contribution in [0.3, 0.4) is 0 Å². The third-order valence-corrected chi connectivity index (χ3v) is 2.11. The van der Waals surface area contributed by atoms with Gasteiger partial charge in [0.05, 0.1) is 0 Å². The summed E-state index contributed by atoms with van der Waals surface area (Å²) in [5, 5.41) is 8.07.